The van der Waals surface area contributed by atoms with Gasteiger partial charge >= 0.3 is 0 Å². The molecular weight excluding hydrogens is 322 g/mol. The van der Waals surface area contributed by atoms with Gasteiger partial charge in [-0.3, -0.25) is 0 Å². The molecule has 0 spiro atoms. The highest BCUT2D eigenvalue weighted by Gasteiger charge is 2.26. The lowest BCUT2D eigenvalue weighted by Crippen LogP contribution is -2.21. The lowest BCUT2D eigenvalue weighted by Gasteiger charge is -2.33. The van der Waals surface area contributed by atoms with Crippen LogP contribution in [0.25, 0.3) is 11.0 Å². The Morgan fingerprint density at radius 2 is 1.62 bits per heavy atom. The summed E-state index contributed by atoms with van der Waals surface area (Å²) in [5, 5.41) is 19.2. The average molecular weight is 354 g/mol. The average Bonchev–Trinajstić information content (AvgIpc) is 2.91. The summed E-state index contributed by atoms with van der Waals surface area (Å²) < 4.78 is 0. The number of nitrogens with zero attached hydrogens (tertiary/aromatic N) is 3. The molecule has 0 aliphatic carbocycles. The van der Waals surface area contributed by atoms with Gasteiger partial charge in [-0.05, 0) is 42.4 Å². The van der Waals surface area contributed by atoms with Crippen molar-refractivity contribution in [2.45, 2.75) is 54.5 Å². The first-order valence-electron chi connectivity index (χ1n) is 9.04. The van der Waals surface area contributed by atoms with Crippen LogP contribution in [0.2, 0.25) is 0 Å². The van der Waals surface area contributed by atoms with Crippen molar-refractivity contribution < 1.29 is 5.11 Å². The summed E-state index contributed by atoms with van der Waals surface area (Å²) in [6.45, 7) is 17.7. The largest absolute Gasteiger partial charge is 0.508 e. The van der Waals surface area contributed by atoms with Gasteiger partial charge in [0.1, 0.15) is 16.8 Å². The number of fused-ring (bicyclic) bond motifs is 1. The fraction of sp³-hybridized carbons (Fsp3) is 0.455. The SMILES string of the molecule is C=C(Cn1nc2ccccc2n1)/C(O)=C\C=C(/C)C(C)(C)CC(C)(C)C. The van der Waals surface area contributed by atoms with Crippen LogP contribution in [0.3, 0.4) is 0 Å². The van der Waals surface area contributed by atoms with Crippen LogP contribution in [0.5, 0.6) is 0 Å². The molecule has 1 aromatic carbocycles. The number of aliphatic hydroxyl groups excluding tert-OH is 1. The molecule has 0 saturated heterocycles. The van der Waals surface area contributed by atoms with E-state index in [0.717, 1.165) is 17.5 Å². The second-order valence-electron chi connectivity index (χ2n) is 8.85. The van der Waals surface area contributed by atoms with E-state index in [2.05, 4.69) is 58.3 Å². The number of benzene rings is 1. The van der Waals surface area contributed by atoms with Crippen LogP contribution in [0.15, 0.2) is 59.9 Å². The van der Waals surface area contributed by atoms with Gasteiger partial charge < -0.3 is 5.11 Å². The van der Waals surface area contributed by atoms with Crippen LogP contribution in [-0.2, 0) is 6.54 Å². The van der Waals surface area contributed by atoms with Gasteiger partial charge in [-0.1, -0.05) is 65.0 Å². The van der Waals surface area contributed by atoms with Crippen LogP contribution < -0.4 is 0 Å². The van der Waals surface area contributed by atoms with Crippen molar-refractivity contribution in [1.29, 1.82) is 0 Å². The standard InChI is InChI=1S/C22H31N3O/c1-16(14-25-23-18-10-8-9-11-19(18)24-25)20(26)13-12-17(2)22(6,7)15-21(3,4)5/h8-13,26H,1,14-15H2,2-7H3/b17-12+,20-13+. The van der Waals surface area contributed by atoms with Crippen molar-refractivity contribution in [3.05, 3.63) is 59.9 Å². The van der Waals surface area contributed by atoms with Crippen LogP contribution in [0.1, 0.15) is 48.0 Å². The van der Waals surface area contributed by atoms with Gasteiger partial charge in [0.2, 0.25) is 0 Å². The molecule has 0 atom stereocenters. The second-order valence-corrected chi connectivity index (χ2v) is 8.85. The minimum absolute atomic E-state index is 0.0671. The highest BCUT2D eigenvalue weighted by atomic mass is 16.3. The van der Waals surface area contributed by atoms with Crippen molar-refractivity contribution >= 4 is 11.0 Å². The van der Waals surface area contributed by atoms with Crippen molar-refractivity contribution in [3.8, 4) is 0 Å². The van der Waals surface area contributed by atoms with E-state index in [0.29, 0.717) is 12.1 Å². The summed E-state index contributed by atoms with van der Waals surface area (Å²) in [7, 11) is 0. The molecule has 0 aliphatic heterocycles. The van der Waals surface area contributed by atoms with E-state index in [1.54, 1.807) is 10.9 Å². The summed E-state index contributed by atoms with van der Waals surface area (Å²) >= 11 is 0. The van der Waals surface area contributed by atoms with Crippen LogP contribution in [0.4, 0.5) is 0 Å². The number of aliphatic hydroxyl groups is 1. The summed E-state index contributed by atoms with van der Waals surface area (Å²) in [6, 6.07) is 7.70. The van der Waals surface area contributed by atoms with Gasteiger partial charge in [-0.15, -0.1) is 0 Å². The Labute approximate surface area is 156 Å². The minimum Gasteiger partial charge on any atom is -0.508 e. The Balaban J connectivity index is 2.08. The first kappa shape index (κ1) is 20.0. The third-order valence-electron chi connectivity index (χ3n) is 4.55. The quantitative estimate of drug-likeness (QED) is 0.524. The van der Waals surface area contributed by atoms with Gasteiger partial charge in [0, 0.05) is 5.57 Å². The molecule has 0 radical (unpaired) electrons. The third kappa shape index (κ3) is 5.32. The molecule has 0 fully saturated rings. The van der Waals surface area contributed by atoms with Crippen molar-refractivity contribution in [2.24, 2.45) is 10.8 Å². The van der Waals surface area contributed by atoms with Gasteiger partial charge in [0.25, 0.3) is 0 Å². The van der Waals surface area contributed by atoms with E-state index >= 15 is 0 Å². The van der Waals surface area contributed by atoms with Crippen LogP contribution >= 0.6 is 0 Å². The summed E-state index contributed by atoms with van der Waals surface area (Å²) in [6.07, 6.45) is 4.78. The Bertz CT molecular complexity index is 815. The third-order valence-corrected chi connectivity index (χ3v) is 4.55. The predicted octanol–water partition coefficient (Wildman–Crippen LogP) is 5.84. The molecule has 4 nitrogen and oxygen atoms in total. The normalized spacial score (nSPS) is 14.1. The topological polar surface area (TPSA) is 50.9 Å². The van der Waals surface area contributed by atoms with Crippen molar-refractivity contribution in [2.75, 3.05) is 0 Å². The van der Waals surface area contributed by atoms with Gasteiger partial charge in [-0.25, -0.2) is 0 Å². The highest BCUT2D eigenvalue weighted by molar-refractivity contribution is 5.72. The van der Waals surface area contributed by atoms with Crippen LogP contribution in [0, 0.1) is 10.8 Å². The number of allylic oxidation sites excluding steroid dienone is 4. The molecule has 0 unspecified atom stereocenters. The molecule has 1 N–H and O–H groups in total. The predicted molar refractivity (Wildman–Crippen MR) is 109 cm³/mol. The molecular formula is C22H31N3O. The fourth-order valence-corrected chi connectivity index (χ4v) is 3.24. The Kier molecular flexibility index (Phi) is 5.74. The Morgan fingerprint density at radius 1 is 1.08 bits per heavy atom. The zero-order chi connectivity index (χ0) is 19.5. The van der Waals surface area contributed by atoms with E-state index in [1.807, 2.05) is 30.3 Å². The number of aromatic nitrogens is 3. The Morgan fingerprint density at radius 3 is 2.12 bits per heavy atom. The van der Waals surface area contributed by atoms with E-state index < -0.39 is 0 Å². The van der Waals surface area contributed by atoms with Gasteiger partial charge in [0.05, 0.1) is 6.54 Å². The van der Waals surface area contributed by atoms with Gasteiger partial charge in [-0.2, -0.15) is 15.0 Å². The lowest BCUT2D eigenvalue weighted by molar-refractivity contribution is 0.249. The second kappa shape index (κ2) is 7.48. The molecule has 2 aromatic rings. The maximum atomic E-state index is 10.3. The fourth-order valence-electron chi connectivity index (χ4n) is 3.24. The maximum Gasteiger partial charge on any atom is 0.120 e. The number of hydrogen-bond acceptors (Lipinski definition) is 3. The highest BCUT2D eigenvalue weighted by Crippen LogP contribution is 2.38. The van der Waals surface area contributed by atoms with E-state index in [4.69, 9.17) is 0 Å². The summed E-state index contributed by atoms with van der Waals surface area (Å²) in [4.78, 5) is 1.57. The lowest BCUT2D eigenvalue weighted by atomic mass is 9.72. The molecule has 1 aromatic heterocycles. The van der Waals surface area contributed by atoms with E-state index in [-0.39, 0.29) is 16.6 Å². The molecule has 4 heteroatoms. The molecule has 0 amide bonds. The zero-order valence-corrected chi connectivity index (χ0v) is 16.9. The van der Waals surface area contributed by atoms with Crippen molar-refractivity contribution in [3.63, 3.8) is 0 Å². The van der Waals surface area contributed by atoms with Crippen molar-refractivity contribution in [1.82, 2.24) is 15.0 Å². The first-order valence-corrected chi connectivity index (χ1v) is 9.04. The number of rotatable bonds is 6. The molecule has 140 valence electrons. The Hall–Kier alpha value is -2.36. The molecule has 0 aliphatic rings. The summed E-state index contributed by atoms with van der Waals surface area (Å²) in [5.41, 5.74) is 3.81. The summed E-state index contributed by atoms with van der Waals surface area (Å²) in [5.74, 6) is 0.164. The smallest absolute Gasteiger partial charge is 0.120 e. The van der Waals surface area contributed by atoms with E-state index in [1.165, 1.54) is 5.57 Å². The molecule has 0 saturated carbocycles. The van der Waals surface area contributed by atoms with E-state index in [9.17, 15) is 5.11 Å². The molecule has 0 bridgehead atoms. The number of hydrogen-bond donors (Lipinski definition) is 1. The minimum atomic E-state index is 0.0671. The monoisotopic (exact) mass is 353 g/mol. The molecule has 26 heavy (non-hydrogen) atoms. The van der Waals surface area contributed by atoms with Gasteiger partial charge in [0.15, 0.2) is 0 Å². The first-order chi connectivity index (χ1) is 12.0. The zero-order valence-electron chi connectivity index (χ0n) is 16.9. The molecule has 1 heterocycles. The maximum absolute atomic E-state index is 10.3. The molecule has 2 rings (SSSR count). The van der Waals surface area contributed by atoms with Crippen LogP contribution in [-0.4, -0.2) is 20.1 Å².